The third kappa shape index (κ3) is 4.55. The molecule has 0 bridgehead atoms. The minimum Gasteiger partial charge on any atom is -0.339 e. The number of nitrogens with zero attached hydrogens (tertiary/aromatic N) is 5. The van der Waals surface area contributed by atoms with Crippen molar-refractivity contribution in [1.29, 1.82) is 0 Å². The summed E-state index contributed by atoms with van der Waals surface area (Å²) in [4.78, 5) is 49.5. The highest BCUT2D eigenvalue weighted by atomic mass is 19.1. The SMILES string of the molecule is CN1CCN(C(=O)CN2CN(c3ccccc3)C3(CCN(C(=O)c4ccc(F)cc4)CC3)C2=O)CC1. The predicted molar refractivity (Wildman–Crippen MR) is 134 cm³/mol. The molecule has 0 N–H and O–H groups in total. The van der Waals surface area contributed by atoms with Crippen LogP contribution in [0.2, 0.25) is 0 Å². The molecule has 2 aromatic rings. The van der Waals surface area contributed by atoms with Crippen molar-refractivity contribution < 1.29 is 18.8 Å². The van der Waals surface area contributed by atoms with Crippen LogP contribution in [0.3, 0.4) is 0 Å². The molecule has 190 valence electrons. The van der Waals surface area contributed by atoms with Gasteiger partial charge < -0.3 is 24.5 Å². The summed E-state index contributed by atoms with van der Waals surface area (Å²) < 4.78 is 13.3. The van der Waals surface area contributed by atoms with Crippen molar-refractivity contribution in [1.82, 2.24) is 19.6 Å². The van der Waals surface area contributed by atoms with Crippen LogP contribution in [0.25, 0.3) is 0 Å². The maximum absolute atomic E-state index is 13.9. The number of halogens is 1. The predicted octanol–water partition coefficient (Wildman–Crippen LogP) is 1.88. The minimum absolute atomic E-state index is 0.0227. The van der Waals surface area contributed by atoms with Crippen LogP contribution in [0.5, 0.6) is 0 Å². The highest BCUT2D eigenvalue weighted by Crippen LogP contribution is 2.39. The lowest BCUT2D eigenvalue weighted by Gasteiger charge is -2.43. The maximum Gasteiger partial charge on any atom is 0.253 e. The molecular formula is C27H32FN5O3. The molecule has 0 atom stereocenters. The van der Waals surface area contributed by atoms with E-state index in [1.165, 1.54) is 24.3 Å². The molecule has 3 amide bonds. The number of hydrogen-bond donors (Lipinski definition) is 0. The van der Waals surface area contributed by atoms with Crippen molar-refractivity contribution in [2.75, 3.05) is 64.4 Å². The largest absolute Gasteiger partial charge is 0.339 e. The van der Waals surface area contributed by atoms with Crippen LogP contribution in [0.15, 0.2) is 54.6 Å². The molecule has 0 aliphatic carbocycles. The summed E-state index contributed by atoms with van der Waals surface area (Å²) in [5.74, 6) is -0.623. The second-order valence-corrected chi connectivity index (χ2v) is 9.92. The summed E-state index contributed by atoms with van der Waals surface area (Å²) in [6.07, 6.45) is 0.930. The molecule has 5 rings (SSSR count). The van der Waals surface area contributed by atoms with Gasteiger partial charge in [-0.1, -0.05) is 18.2 Å². The molecular weight excluding hydrogens is 461 g/mol. The Morgan fingerprint density at radius 3 is 2.14 bits per heavy atom. The monoisotopic (exact) mass is 493 g/mol. The van der Waals surface area contributed by atoms with Gasteiger partial charge in [0.15, 0.2) is 0 Å². The normalized spacial score (nSPS) is 20.3. The van der Waals surface area contributed by atoms with Gasteiger partial charge in [-0.3, -0.25) is 14.4 Å². The number of para-hydroxylation sites is 1. The Kier molecular flexibility index (Phi) is 6.66. The zero-order chi connectivity index (χ0) is 25.3. The Morgan fingerprint density at radius 2 is 1.50 bits per heavy atom. The first-order valence-electron chi connectivity index (χ1n) is 12.5. The molecule has 0 saturated carbocycles. The zero-order valence-electron chi connectivity index (χ0n) is 20.6. The van der Waals surface area contributed by atoms with Gasteiger partial charge in [0.25, 0.3) is 11.8 Å². The lowest BCUT2D eigenvalue weighted by molar-refractivity contribution is -0.141. The zero-order valence-corrected chi connectivity index (χ0v) is 20.6. The van der Waals surface area contributed by atoms with Gasteiger partial charge in [0, 0.05) is 50.5 Å². The number of likely N-dealkylation sites (N-methyl/N-ethyl adjacent to an activating group) is 1. The molecule has 3 saturated heterocycles. The lowest BCUT2D eigenvalue weighted by Crippen LogP contribution is -2.57. The van der Waals surface area contributed by atoms with E-state index in [-0.39, 0.29) is 30.1 Å². The fourth-order valence-electron chi connectivity index (χ4n) is 5.50. The quantitative estimate of drug-likeness (QED) is 0.651. The van der Waals surface area contributed by atoms with Gasteiger partial charge in [0.1, 0.15) is 17.9 Å². The number of carbonyl (C=O) groups excluding carboxylic acids is 3. The van der Waals surface area contributed by atoms with E-state index >= 15 is 0 Å². The average molecular weight is 494 g/mol. The molecule has 3 aliphatic heterocycles. The number of rotatable bonds is 4. The number of piperidine rings is 1. The van der Waals surface area contributed by atoms with Gasteiger partial charge in [0.2, 0.25) is 5.91 Å². The van der Waals surface area contributed by atoms with Crippen LogP contribution < -0.4 is 4.90 Å². The number of carbonyl (C=O) groups is 3. The van der Waals surface area contributed by atoms with Crippen LogP contribution in [0.1, 0.15) is 23.2 Å². The van der Waals surface area contributed by atoms with Crippen LogP contribution in [0.4, 0.5) is 10.1 Å². The first kappa shape index (κ1) is 24.2. The maximum atomic E-state index is 13.9. The Bertz CT molecular complexity index is 1110. The molecule has 9 heteroatoms. The standard InChI is InChI=1S/C27H32FN5O3/c1-29-15-17-30(18-16-29)24(34)19-32-20-33(23-5-3-2-4-6-23)27(26(32)36)11-13-31(14-12-27)25(35)21-7-9-22(28)10-8-21/h2-10H,11-20H2,1H3. The van der Waals surface area contributed by atoms with E-state index in [1.54, 1.807) is 9.80 Å². The number of anilines is 1. The summed E-state index contributed by atoms with van der Waals surface area (Å²) in [6, 6.07) is 15.3. The first-order valence-corrected chi connectivity index (χ1v) is 12.5. The Labute approximate surface area is 210 Å². The topological polar surface area (TPSA) is 67.4 Å². The van der Waals surface area contributed by atoms with Gasteiger partial charge in [-0.15, -0.1) is 0 Å². The van der Waals surface area contributed by atoms with E-state index in [0.717, 1.165) is 18.8 Å². The molecule has 0 radical (unpaired) electrons. The minimum atomic E-state index is -0.802. The first-order chi connectivity index (χ1) is 17.4. The van der Waals surface area contributed by atoms with Crippen LogP contribution >= 0.6 is 0 Å². The second kappa shape index (κ2) is 9.89. The van der Waals surface area contributed by atoms with E-state index in [4.69, 9.17) is 0 Å². The lowest BCUT2D eigenvalue weighted by atomic mass is 9.85. The number of hydrogen-bond acceptors (Lipinski definition) is 5. The molecule has 8 nitrogen and oxygen atoms in total. The van der Waals surface area contributed by atoms with Gasteiger partial charge in [-0.05, 0) is 56.3 Å². The van der Waals surface area contributed by atoms with Crippen molar-refractivity contribution in [2.45, 2.75) is 18.4 Å². The summed E-state index contributed by atoms with van der Waals surface area (Å²) in [5.41, 5.74) is 0.562. The van der Waals surface area contributed by atoms with E-state index in [0.29, 0.717) is 51.3 Å². The van der Waals surface area contributed by atoms with Crippen LogP contribution in [-0.2, 0) is 9.59 Å². The number of benzene rings is 2. The van der Waals surface area contributed by atoms with E-state index < -0.39 is 5.54 Å². The molecule has 2 aromatic carbocycles. The summed E-state index contributed by atoms with van der Waals surface area (Å²) >= 11 is 0. The number of amides is 3. The molecule has 3 heterocycles. The second-order valence-electron chi connectivity index (χ2n) is 9.92. The highest BCUT2D eigenvalue weighted by Gasteiger charge is 2.54. The molecule has 1 spiro atoms. The third-order valence-electron chi connectivity index (χ3n) is 7.73. The van der Waals surface area contributed by atoms with Crippen molar-refractivity contribution in [3.8, 4) is 0 Å². The average Bonchev–Trinajstić information content (AvgIpc) is 3.16. The third-order valence-corrected chi connectivity index (χ3v) is 7.73. The van der Waals surface area contributed by atoms with E-state index in [1.807, 2.05) is 42.3 Å². The summed E-state index contributed by atoms with van der Waals surface area (Å²) in [6.45, 7) is 4.23. The Hall–Kier alpha value is -3.46. The molecule has 3 fully saturated rings. The van der Waals surface area contributed by atoms with Crippen molar-refractivity contribution in [3.63, 3.8) is 0 Å². The van der Waals surface area contributed by atoms with Crippen molar-refractivity contribution >= 4 is 23.4 Å². The summed E-state index contributed by atoms with van der Waals surface area (Å²) in [5, 5.41) is 0. The van der Waals surface area contributed by atoms with E-state index in [9.17, 15) is 18.8 Å². The van der Waals surface area contributed by atoms with Crippen molar-refractivity contribution in [3.05, 3.63) is 66.0 Å². The smallest absolute Gasteiger partial charge is 0.253 e. The highest BCUT2D eigenvalue weighted by molar-refractivity contribution is 5.97. The van der Waals surface area contributed by atoms with Gasteiger partial charge in [-0.25, -0.2) is 4.39 Å². The Balaban J connectivity index is 1.33. The molecule has 0 unspecified atom stereocenters. The van der Waals surface area contributed by atoms with Gasteiger partial charge >= 0.3 is 0 Å². The van der Waals surface area contributed by atoms with E-state index in [2.05, 4.69) is 9.80 Å². The molecule has 0 aromatic heterocycles. The molecule has 3 aliphatic rings. The van der Waals surface area contributed by atoms with Crippen LogP contribution in [0, 0.1) is 5.82 Å². The summed E-state index contributed by atoms with van der Waals surface area (Å²) in [7, 11) is 2.04. The number of likely N-dealkylation sites (tertiary alicyclic amines) is 1. The molecule has 36 heavy (non-hydrogen) atoms. The Morgan fingerprint density at radius 1 is 0.861 bits per heavy atom. The fraction of sp³-hybridized carbons (Fsp3) is 0.444. The van der Waals surface area contributed by atoms with Crippen molar-refractivity contribution in [2.24, 2.45) is 0 Å². The van der Waals surface area contributed by atoms with Gasteiger partial charge in [0.05, 0.1) is 6.67 Å². The van der Waals surface area contributed by atoms with Gasteiger partial charge in [-0.2, -0.15) is 0 Å². The fourth-order valence-corrected chi connectivity index (χ4v) is 5.50. The number of piperazine rings is 1. The van der Waals surface area contributed by atoms with Crippen LogP contribution in [-0.4, -0.2) is 102 Å².